The van der Waals surface area contributed by atoms with Crippen molar-refractivity contribution in [2.24, 2.45) is 0 Å². The van der Waals surface area contributed by atoms with Crippen molar-refractivity contribution < 1.29 is 20.1 Å². The van der Waals surface area contributed by atoms with Crippen LogP contribution in [0.15, 0.2) is 17.1 Å². The number of hydrogen-bond acceptors (Lipinski definition) is 8. The van der Waals surface area contributed by atoms with E-state index in [-0.39, 0.29) is 5.82 Å². The van der Waals surface area contributed by atoms with E-state index < -0.39 is 36.5 Å². The molecule has 0 unspecified atom stereocenters. The second-order valence-electron chi connectivity index (χ2n) is 4.83. The van der Waals surface area contributed by atoms with Crippen molar-refractivity contribution >= 4 is 5.82 Å². The Labute approximate surface area is 114 Å². The van der Waals surface area contributed by atoms with Gasteiger partial charge < -0.3 is 25.8 Å². The molecule has 9 heteroatoms. The van der Waals surface area contributed by atoms with Crippen LogP contribution in [0.5, 0.6) is 0 Å². The summed E-state index contributed by atoms with van der Waals surface area (Å²) >= 11 is 0. The predicted molar refractivity (Wildman–Crippen MR) is 68.5 cm³/mol. The summed E-state index contributed by atoms with van der Waals surface area (Å²) in [7, 11) is 3.14. The summed E-state index contributed by atoms with van der Waals surface area (Å²) in [6, 6.07) is 1.38. The maximum absolute atomic E-state index is 12.0. The summed E-state index contributed by atoms with van der Waals surface area (Å²) in [6.45, 7) is -0.495. The van der Waals surface area contributed by atoms with Gasteiger partial charge in [0.05, 0.1) is 6.61 Å². The van der Waals surface area contributed by atoms with Crippen LogP contribution < -0.4 is 11.4 Å². The molecule has 5 N–H and O–H groups in total. The van der Waals surface area contributed by atoms with Gasteiger partial charge in [0.15, 0.2) is 0 Å². The van der Waals surface area contributed by atoms with Crippen LogP contribution in [-0.2, 0) is 10.6 Å². The zero-order chi connectivity index (χ0) is 15.1. The van der Waals surface area contributed by atoms with E-state index in [1.165, 1.54) is 17.2 Å². The van der Waals surface area contributed by atoms with Gasteiger partial charge in [-0.15, -0.1) is 0 Å². The highest BCUT2D eigenvalue weighted by Crippen LogP contribution is 2.36. The summed E-state index contributed by atoms with van der Waals surface area (Å²) in [5, 5.41) is 29.4. The second-order valence-corrected chi connectivity index (χ2v) is 4.83. The van der Waals surface area contributed by atoms with Gasteiger partial charge in [0, 0.05) is 6.20 Å². The number of likely N-dealkylation sites (N-methyl/N-ethyl adjacent to an activating group) is 1. The van der Waals surface area contributed by atoms with E-state index in [0.29, 0.717) is 0 Å². The fourth-order valence-corrected chi connectivity index (χ4v) is 2.38. The van der Waals surface area contributed by atoms with Crippen molar-refractivity contribution in [2.45, 2.75) is 24.2 Å². The topological polar surface area (TPSA) is 134 Å². The Morgan fingerprint density at radius 1 is 1.55 bits per heavy atom. The molecule has 1 saturated heterocycles. The molecule has 0 radical (unpaired) electrons. The zero-order valence-electron chi connectivity index (χ0n) is 11.2. The molecule has 9 nitrogen and oxygen atoms in total. The van der Waals surface area contributed by atoms with Crippen LogP contribution >= 0.6 is 0 Å². The van der Waals surface area contributed by atoms with Crippen molar-refractivity contribution in [3.8, 4) is 0 Å². The first-order valence-electron chi connectivity index (χ1n) is 6.02. The highest BCUT2D eigenvalue weighted by Gasteiger charge is 2.57. The number of aliphatic hydroxyl groups excluding tert-OH is 3. The average molecular weight is 286 g/mol. The maximum Gasteiger partial charge on any atom is 0.352 e. The number of ether oxygens (including phenoxy) is 1. The third-order valence-corrected chi connectivity index (χ3v) is 3.41. The number of aromatic nitrogens is 2. The Kier molecular flexibility index (Phi) is 3.80. The van der Waals surface area contributed by atoms with Crippen LogP contribution in [0.3, 0.4) is 0 Å². The van der Waals surface area contributed by atoms with Gasteiger partial charge in [0.1, 0.15) is 24.1 Å². The molecule has 4 atom stereocenters. The minimum absolute atomic E-state index is 0.0342. The summed E-state index contributed by atoms with van der Waals surface area (Å²) < 4.78 is 6.58. The summed E-state index contributed by atoms with van der Waals surface area (Å²) in [4.78, 5) is 17.0. The molecule has 0 amide bonds. The lowest BCUT2D eigenvalue weighted by molar-refractivity contribution is -0.231. The van der Waals surface area contributed by atoms with Gasteiger partial charge in [-0.25, -0.2) is 4.79 Å². The third-order valence-electron chi connectivity index (χ3n) is 3.41. The van der Waals surface area contributed by atoms with Crippen LogP contribution in [0.25, 0.3) is 0 Å². The SMILES string of the molecule is CN(C)[C@@]1(n2ccc(N)nc2=O)O[C@H](CO)[C@@H](O)[C@H]1O. The molecule has 2 heterocycles. The van der Waals surface area contributed by atoms with Crippen LogP contribution in [0.2, 0.25) is 0 Å². The lowest BCUT2D eigenvalue weighted by Gasteiger charge is -2.39. The molecule has 20 heavy (non-hydrogen) atoms. The Morgan fingerprint density at radius 3 is 2.65 bits per heavy atom. The summed E-state index contributed by atoms with van der Waals surface area (Å²) in [6.07, 6.45) is -2.48. The van der Waals surface area contributed by atoms with Crippen LogP contribution in [0, 0.1) is 0 Å². The summed E-state index contributed by atoms with van der Waals surface area (Å²) in [5.74, 6) is -1.63. The minimum Gasteiger partial charge on any atom is -0.394 e. The van der Waals surface area contributed by atoms with E-state index >= 15 is 0 Å². The Bertz CT molecular complexity index is 548. The number of anilines is 1. The van der Waals surface area contributed by atoms with Gasteiger partial charge in [-0.2, -0.15) is 4.98 Å². The molecule has 112 valence electrons. The first-order chi connectivity index (χ1) is 9.34. The molecule has 0 aliphatic carbocycles. The largest absolute Gasteiger partial charge is 0.394 e. The lowest BCUT2D eigenvalue weighted by atomic mass is 10.1. The first-order valence-corrected chi connectivity index (χ1v) is 6.02. The zero-order valence-corrected chi connectivity index (χ0v) is 11.2. The molecule has 1 aromatic heterocycles. The molecule has 1 fully saturated rings. The van der Waals surface area contributed by atoms with E-state index in [1.54, 1.807) is 14.1 Å². The van der Waals surface area contributed by atoms with Gasteiger partial charge in [0.25, 0.3) is 0 Å². The normalized spacial score (nSPS) is 33.8. The van der Waals surface area contributed by atoms with Gasteiger partial charge in [-0.1, -0.05) is 0 Å². The number of nitrogen functional groups attached to an aromatic ring is 1. The van der Waals surface area contributed by atoms with Gasteiger partial charge in [0.2, 0.25) is 5.85 Å². The van der Waals surface area contributed by atoms with Crippen molar-refractivity contribution in [3.05, 3.63) is 22.7 Å². The lowest BCUT2D eigenvalue weighted by Crippen LogP contribution is -2.59. The second kappa shape index (κ2) is 5.11. The fourth-order valence-electron chi connectivity index (χ4n) is 2.38. The smallest absolute Gasteiger partial charge is 0.352 e. The van der Waals surface area contributed by atoms with E-state index in [0.717, 1.165) is 4.57 Å². The molecular weight excluding hydrogens is 268 g/mol. The monoisotopic (exact) mass is 286 g/mol. The highest BCUT2D eigenvalue weighted by molar-refractivity contribution is 5.24. The van der Waals surface area contributed by atoms with E-state index in [4.69, 9.17) is 10.5 Å². The fraction of sp³-hybridized carbons (Fsp3) is 0.636. The molecule has 1 aromatic rings. The standard InChI is InChI=1S/C11H18N4O5/c1-14(2)11(9(18)8(17)6(5-16)20-11)15-4-3-7(12)13-10(15)19/h3-4,6,8-9,16-18H,5H2,1-2H3,(H2,12,13,19)/t6-,8-,9-,11+/m1/s1. The maximum atomic E-state index is 12.0. The molecule has 0 bridgehead atoms. The van der Waals surface area contributed by atoms with Crippen molar-refractivity contribution in [1.82, 2.24) is 14.5 Å². The number of nitrogens with two attached hydrogens (primary N) is 1. The third kappa shape index (κ3) is 2.00. The summed E-state index contributed by atoms with van der Waals surface area (Å²) in [5.41, 5.74) is 4.70. The Hall–Kier alpha value is -1.52. The molecular formula is C11H18N4O5. The molecule has 1 aliphatic heterocycles. The predicted octanol–water partition coefficient (Wildman–Crippen LogP) is -2.89. The quantitative estimate of drug-likeness (QED) is 0.465. The molecule has 0 spiro atoms. The average Bonchev–Trinajstić information content (AvgIpc) is 2.64. The van der Waals surface area contributed by atoms with Gasteiger partial charge in [-0.05, 0) is 20.2 Å². The number of aliphatic hydroxyl groups is 3. The van der Waals surface area contributed by atoms with Crippen molar-refractivity contribution in [3.63, 3.8) is 0 Å². The van der Waals surface area contributed by atoms with E-state index in [9.17, 15) is 20.1 Å². The van der Waals surface area contributed by atoms with E-state index in [1.807, 2.05) is 0 Å². The van der Waals surface area contributed by atoms with Crippen molar-refractivity contribution in [2.75, 3.05) is 26.4 Å². The van der Waals surface area contributed by atoms with Crippen molar-refractivity contribution in [1.29, 1.82) is 0 Å². The van der Waals surface area contributed by atoms with Gasteiger partial charge in [-0.3, -0.25) is 9.47 Å². The Morgan fingerprint density at radius 2 is 2.20 bits per heavy atom. The Balaban J connectivity index is 2.59. The molecule has 1 aliphatic rings. The first kappa shape index (κ1) is 14.9. The number of hydrogen-bond donors (Lipinski definition) is 4. The number of nitrogens with zero attached hydrogens (tertiary/aromatic N) is 3. The van der Waals surface area contributed by atoms with Crippen LogP contribution in [0.4, 0.5) is 5.82 Å². The highest BCUT2D eigenvalue weighted by atomic mass is 16.6. The van der Waals surface area contributed by atoms with Crippen LogP contribution in [-0.4, -0.2) is 68.8 Å². The molecule has 0 saturated carbocycles. The number of rotatable bonds is 3. The van der Waals surface area contributed by atoms with E-state index in [2.05, 4.69) is 4.98 Å². The molecule has 2 rings (SSSR count). The minimum atomic E-state index is -1.66. The van der Waals surface area contributed by atoms with Gasteiger partial charge >= 0.3 is 5.69 Å². The van der Waals surface area contributed by atoms with Crippen LogP contribution in [0.1, 0.15) is 0 Å². The molecule has 0 aromatic carbocycles.